The fraction of sp³-hybridized carbons (Fsp3) is 0.444. The summed E-state index contributed by atoms with van der Waals surface area (Å²) in [6.45, 7) is -0.898. The maximum atomic E-state index is 12.2. The van der Waals surface area contributed by atoms with Crippen LogP contribution in [-0.2, 0) is 13.2 Å². The lowest BCUT2D eigenvalue weighted by atomic mass is 10.1. The number of ether oxygens (including phenoxy) is 2. The molecule has 0 bridgehead atoms. The highest BCUT2D eigenvalue weighted by Crippen LogP contribution is 2.34. The first-order chi connectivity index (χ1) is 7.92. The summed E-state index contributed by atoms with van der Waals surface area (Å²) in [5.74, 6) is -0.696. The third kappa shape index (κ3) is 3.21. The van der Waals surface area contributed by atoms with Crippen molar-refractivity contribution in [2.45, 2.75) is 19.5 Å². The van der Waals surface area contributed by atoms with Gasteiger partial charge in [0.05, 0.1) is 19.3 Å². The van der Waals surface area contributed by atoms with Crippen molar-refractivity contribution < 1.29 is 27.8 Å². The molecule has 0 fully saturated rings. The summed E-state index contributed by atoms with van der Waals surface area (Å²) in [4.78, 5) is 3.72. The van der Waals surface area contributed by atoms with Crippen LogP contribution in [0.15, 0.2) is 6.20 Å². The number of hydrogen-bond donors (Lipinski definition) is 2. The minimum atomic E-state index is -4.87. The second-order valence-corrected chi connectivity index (χ2v) is 3.01. The summed E-state index contributed by atoms with van der Waals surface area (Å²) in [6.07, 6.45) is -3.76. The van der Waals surface area contributed by atoms with Crippen molar-refractivity contribution in [1.82, 2.24) is 4.98 Å². The minimum absolute atomic E-state index is 0.0344. The molecule has 0 atom stereocenters. The molecular formula is C9H11F3N2O3. The molecule has 1 aromatic heterocycles. The van der Waals surface area contributed by atoms with E-state index in [0.717, 1.165) is 6.20 Å². The monoisotopic (exact) mass is 252 g/mol. The molecule has 0 spiro atoms. The van der Waals surface area contributed by atoms with Crippen molar-refractivity contribution in [3.05, 3.63) is 17.3 Å². The summed E-state index contributed by atoms with van der Waals surface area (Å²) < 4.78 is 45.2. The number of alkyl halides is 3. The van der Waals surface area contributed by atoms with E-state index in [1.165, 1.54) is 7.11 Å². The second-order valence-electron chi connectivity index (χ2n) is 3.01. The molecule has 17 heavy (non-hydrogen) atoms. The van der Waals surface area contributed by atoms with Crippen LogP contribution < -0.4 is 15.2 Å². The highest BCUT2D eigenvalue weighted by molar-refractivity contribution is 5.45. The lowest BCUT2D eigenvalue weighted by molar-refractivity contribution is -0.275. The van der Waals surface area contributed by atoms with E-state index in [-0.39, 0.29) is 23.6 Å². The first-order valence-corrected chi connectivity index (χ1v) is 4.54. The molecule has 0 aliphatic heterocycles. The summed E-state index contributed by atoms with van der Waals surface area (Å²) in [7, 11) is 1.22. The van der Waals surface area contributed by atoms with E-state index in [1.54, 1.807) is 0 Å². The van der Waals surface area contributed by atoms with Gasteiger partial charge in [-0.2, -0.15) is 0 Å². The number of nitrogens with zero attached hydrogens (tertiary/aromatic N) is 1. The van der Waals surface area contributed by atoms with Crippen LogP contribution in [0.3, 0.4) is 0 Å². The fourth-order valence-electron chi connectivity index (χ4n) is 1.27. The van der Waals surface area contributed by atoms with Gasteiger partial charge < -0.3 is 20.3 Å². The molecule has 0 amide bonds. The van der Waals surface area contributed by atoms with Gasteiger partial charge in [0.15, 0.2) is 0 Å². The predicted octanol–water partition coefficient (Wildman–Crippen LogP) is 0.940. The van der Waals surface area contributed by atoms with E-state index in [2.05, 4.69) is 9.72 Å². The third-order valence-corrected chi connectivity index (χ3v) is 1.95. The van der Waals surface area contributed by atoms with Crippen LogP contribution in [-0.4, -0.2) is 23.6 Å². The first-order valence-electron chi connectivity index (χ1n) is 4.54. The highest BCUT2D eigenvalue weighted by Gasteiger charge is 2.34. The van der Waals surface area contributed by atoms with Crippen LogP contribution in [0.25, 0.3) is 0 Å². The number of aliphatic hydroxyl groups is 1. The van der Waals surface area contributed by atoms with Gasteiger partial charge in [-0.15, -0.1) is 13.2 Å². The summed E-state index contributed by atoms with van der Waals surface area (Å²) in [5.41, 5.74) is 5.12. The Labute approximate surface area is 95.0 Å². The number of nitrogens with two attached hydrogens (primary N) is 1. The summed E-state index contributed by atoms with van der Waals surface area (Å²) >= 11 is 0. The van der Waals surface area contributed by atoms with Crippen LogP contribution in [0.1, 0.15) is 11.1 Å². The topological polar surface area (TPSA) is 77.6 Å². The van der Waals surface area contributed by atoms with Gasteiger partial charge in [-0.1, -0.05) is 0 Å². The van der Waals surface area contributed by atoms with Gasteiger partial charge in [0.1, 0.15) is 5.75 Å². The molecule has 0 saturated heterocycles. The van der Waals surface area contributed by atoms with E-state index < -0.39 is 18.7 Å². The van der Waals surface area contributed by atoms with Crippen molar-refractivity contribution in [3.8, 4) is 11.6 Å². The summed E-state index contributed by atoms with van der Waals surface area (Å²) in [6, 6.07) is 0. The highest BCUT2D eigenvalue weighted by atomic mass is 19.4. The van der Waals surface area contributed by atoms with Crippen LogP contribution >= 0.6 is 0 Å². The van der Waals surface area contributed by atoms with Crippen LogP contribution in [0.2, 0.25) is 0 Å². The number of halogens is 3. The molecule has 0 radical (unpaired) electrons. The SMILES string of the molecule is COc1ncc(CN)c(OC(F)(F)F)c1CO. The molecule has 1 rings (SSSR count). The molecule has 5 nitrogen and oxygen atoms in total. The minimum Gasteiger partial charge on any atom is -0.481 e. The van der Waals surface area contributed by atoms with Gasteiger partial charge in [0.25, 0.3) is 0 Å². The predicted molar refractivity (Wildman–Crippen MR) is 51.3 cm³/mol. The Hall–Kier alpha value is -1.54. The quantitative estimate of drug-likeness (QED) is 0.833. The lowest BCUT2D eigenvalue weighted by Crippen LogP contribution is -2.20. The van der Waals surface area contributed by atoms with E-state index >= 15 is 0 Å². The maximum Gasteiger partial charge on any atom is 0.573 e. The zero-order chi connectivity index (χ0) is 13.1. The number of aliphatic hydroxyl groups excluding tert-OH is 1. The average molecular weight is 252 g/mol. The van der Waals surface area contributed by atoms with Gasteiger partial charge in [-0.05, 0) is 0 Å². The number of hydrogen-bond acceptors (Lipinski definition) is 5. The number of pyridine rings is 1. The van der Waals surface area contributed by atoms with Crippen molar-refractivity contribution in [3.63, 3.8) is 0 Å². The van der Waals surface area contributed by atoms with Gasteiger partial charge in [0, 0.05) is 18.3 Å². The third-order valence-electron chi connectivity index (χ3n) is 1.95. The Bertz CT molecular complexity index is 396. The van der Waals surface area contributed by atoms with Gasteiger partial charge in [0.2, 0.25) is 5.88 Å². The van der Waals surface area contributed by atoms with Crippen molar-refractivity contribution in [1.29, 1.82) is 0 Å². The van der Waals surface area contributed by atoms with E-state index in [0.29, 0.717) is 0 Å². The molecule has 3 N–H and O–H groups in total. The standard InChI is InChI=1S/C9H11F3N2O3/c1-16-8-6(4-15)7(17-9(10,11)12)5(2-13)3-14-8/h3,15H,2,4,13H2,1H3. The Balaban J connectivity index is 3.30. The molecular weight excluding hydrogens is 241 g/mol. The zero-order valence-corrected chi connectivity index (χ0v) is 8.91. The Kier molecular flexibility index (Phi) is 4.13. The Morgan fingerprint density at radius 3 is 2.53 bits per heavy atom. The van der Waals surface area contributed by atoms with Crippen molar-refractivity contribution in [2.24, 2.45) is 5.73 Å². The molecule has 0 aliphatic carbocycles. The van der Waals surface area contributed by atoms with Crippen LogP contribution in [0.5, 0.6) is 11.6 Å². The molecule has 0 aliphatic rings. The molecule has 0 unspecified atom stereocenters. The van der Waals surface area contributed by atoms with Crippen molar-refractivity contribution >= 4 is 0 Å². The molecule has 8 heteroatoms. The molecule has 1 heterocycles. The lowest BCUT2D eigenvalue weighted by Gasteiger charge is -2.16. The molecule has 0 saturated carbocycles. The normalized spacial score (nSPS) is 11.4. The van der Waals surface area contributed by atoms with E-state index in [1.807, 2.05) is 0 Å². The van der Waals surface area contributed by atoms with Gasteiger partial charge in [-0.3, -0.25) is 0 Å². The first kappa shape index (κ1) is 13.5. The number of rotatable bonds is 4. The van der Waals surface area contributed by atoms with Crippen LogP contribution in [0, 0.1) is 0 Å². The average Bonchev–Trinajstić information content (AvgIpc) is 2.26. The summed E-state index contributed by atoms with van der Waals surface area (Å²) in [5, 5.41) is 9.04. The van der Waals surface area contributed by atoms with Crippen LogP contribution in [0.4, 0.5) is 13.2 Å². The van der Waals surface area contributed by atoms with Crippen molar-refractivity contribution in [2.75, 3.05) is 7.11 Å². The van der Waals surface area contributed by atoms with E-state index in [9.17, 15) is 13.2 Å². The Morgan fingerprint density at radius 2 is 2.12 bits per heavy atom. The zero-order valence-electron chi connectivity index (χ0n) is 8.91. The largest absolute Gasteiger partial charge is 0.573 e. The van der Waals surface area contributed by atoms with E-state index in [4.69, 9.17) is 15.6 Å². The van der Waals surface area contributed by atoms with Gasteiger partial charge in [-0.25, -0.2) is 4.98 Å². The van der Waals surface area contributed by atoms with Gasteiger partial charge >= 0.3 is 6.36 Å². The number of methoxy groups -OCH3 is 1. The number of aromatic nitrogens is 1. The molecule has 1 aromatic rings. The molecule has 96 valence electrons. The fourth-order valence-corrected chi connectivity index (χ4v) is 1.27. The second kappa shape index (κ2) is 5.19. The molecule has 0 aromatic carbocycles. The smallest absolute Gasteiger partial charge is 0.481 e. The maximum absolute atomic E-state index is 12.2. The Morgan fingerprint density at radius 1 is 1.47 bits per heavy atom.